The molecule has 1 aliphatic rings. The molecule has 0 aliphatic carbocycles. The molecule has 1 unspecified atom stereocenters. The van der Waals surface area contributed by atoms with E-state index in [-0.39, 0.29) is 30.9 Å². The fourth-order valence-corrected chi connectivity index (χ4v) is 3.05. The summed E-state index contributed by atoms with van der Waals surface area (Å²) in [7, 11) is 0. The Kier molecular flexibility index (Phi) is 9.58. The van der Waals surface area contributed by atoms with Gasteiger partial charge in [-0.2, -0.15) is 0 Å². The molecule has 1 aromatic carbocycles. The van der Waals surface area contributed by atoms with Gasteiger partial charge in [0.05, 0.1) is 35.4 Å². The van der Waals surface area contributed by atoms with Gasteiger partial charge in [-0.1, -0.05) is 29.3 Å². The lowest BCUT2D eigenvalue weighted by Crippen LogP contribution is -2.20. The van der Waals surface area contributed by atoms with E-state index in [0.29, 0.717) is 40.3 Å². The summed E-state index contributed by atoms with van der Waals surface area (Å²) < 4.78 is 11.1. The van der Waals surface area contributed by atoms with Gasteiger partial charge in [-0.25, -0.2) is 4.98 Å². The van der Waals surface area contributed by atoms with Crippen LogP contribution in [0.25, 0.3) is 0 Å². The molecule has 0 amide bonds. The Hall–Kier alpha value is -0.790. The number of aliphatic hydroxyl groups excluding tert-OH is 1. The molecule has 3 atom stereocenters. The summed E-state index contributed by atoms with van der Waals surface area (Å²) in [6, 6.07) is 6.26. The fourth-order valence-electron chi connectivity index (χ4n) is 2.74. The molecule has 27 heavy (non-hydrogen) atoms. The highest BCUT2D eigenvalue weighted by Crippen LogP contribution is 2.32. The number of hydrogen-bond donors (Lipinski definition) is 2. The lowest BCUT2D eigenvalue weighted by Gasteiger charge is -2.21. The number of rotatable bonds is 5. The van der Waals surface area contributed by atoms with Crippen LogP contribution in [0.5, 0.6) is 5.88 Å². The van der Waals surface area contributed by atoms with Crippen LogP contribution in [-0.4, -0.2) is 29.4 Å². The number of aromatic nitrogens is 1. The monoisotopic (exact) mass is 454 g/mol. The van der Waals surface area contributed by atoms with Gasteiger partial charge in [0.25, 0.3) is 0 Å². The molecule has 0 saturated carbocycles. The normalized spacial score (nSPS) is 18.2. The van der Waals surface area contributed by atoms with E-state index in [1.54, 1.807) is 24.4 Å². The average molecular weight is 456 g/mol. The number of nitrogens with zero attached hydrogens (tertiary/aromatic N) is 1. The van der Waals surface area contributed by atoms with Crippen LogP contribution in [0.3, 0.4) is 0 Å². The van der Waals surface area contributed by atoms with Gasteiger partial charge in [0.2, 0.25) is 5.88 Å². The van der Waals surface area contributed by atoms with E-state index in [9.17, 15) is 5.11 Å². The first-order valence-corrected chi connectivity index (χ1v) is 8.81. The standard InChI is InChI=1S/C18H20Cl2N2O3.2ClH/c1-10-6-12(8-22-18(10)25-13-4-5-24-9-13)17(23)16(21)11-2-3-14(19)15(20)7-11;;/h2-3,6-8,13,16-17,23H,4-5,9,21H2,1H3;2*1H/t13?,16-,17+;;/m0../s1. The summed E-state index contributed by atoms with van der Waals surface area (Å²) in [5.41, 5.74) is 8.33. The van der Waals surface area contributed by atoms with Crippen molar-refractivity contribution >= 4 is 48.0 Å². The third kappa shape index (κ3) is 5.84. The molecule has 150 valence electrons. The Morgan fingerprint density at radius 2 is 1.96 bits per heavy atom. The molecule has 2 heterocycles. The predicted molar refractivity (Wildman–Crippen MR) is 112 cm³/mol. The zero-order valence-electron chi connectivity index (χ0n) is 14.6. The summed E-state index contributed by atoms with van der Waals surface area (Å²) >= 11 is 11.9. The molecule has 1 aromatic heterocycles. The van der Waals surface area contributed by atoms with Crippen molar-refractivity contribution in [2.45, 2.75) is 31.6 Å². The maximum absolute atomic E-state index is 10.6. The largest absolute Gasteiger partial charge is 0.472 e. The molecule has 3 N–H and O–H groups in total. The van der Waals surface area contributed by atoms with Crippen LogP contribution in [-0.2, 0) is 4.74 Å². The van der Waals surface area contributed by atoms with Crippen LogP contribution in [0, 0.1) is 6.92 Å². The summed E-state index contributed by atoms with van der Waals surface area (Å²) in [6.45, 7) is 3.17. The quantitative estimate of drug-likeness (QED) is 0.696. The second-order valence-corrected chi connectivity index (χ2v) is 6.95. The van der Waals surface area contributed by atoms with Crippen molar-refractivity contribution in [3.8, 4) is 5.88 Å². The summed E-state index contributed by atoms with van der Waals surface area (Å²) in [5, 5.41) is 11.4. The highest BCUT2D eigenvalue weighted by Gasteiger charge is 2.22. The lowest BCUT2D eigenvalue weighted by atomic mass is 9.97. The Morgan fingerprint density at radius 1 is 1.22 bits per heavy atom. The number of ether oxygens (including phenoxy) is 2. The van der Waals surface area contributed by atoms with E-state index in [2.05, 4.69) is 4.98 Å². The summed E-state index contributed by atoms with van der Waals surface area (Å²) in [5.74, 6) is 0.551. The smallest absolute Gasteiger partial charge is 0.216 e. The van der Waals surface area contributed by atoms with E-state index >= 15 is 0 Å². The van der Waals surface area contributed by atoms with Crippen molar-refractivity contribution in [1.82, 2.24) is 4.98 Å². The van der Waals surface area contributed by atoms with Gasteiger partial charge in [-0.15, -0.1) is 24.8 Å². The van der Waals surface area contributed by atoms with E-state index in [1.165, 1.54) is 0 Å². The van der Waals surface area contributed by atoms with Crippen LogP contribution >= 0.6 is 48.0 Å². The topological polar surface area (TPSA) is 77.6 Å². The van der Waals surface area contributed by atoms with Gasteiger partial charge in [-0.3, -0.25) is 0 Å². The predicted octanol–water partition coefficient (Wildman–Crippen LogP) is 4.44. The van der Waals surface area contributed by atoms with Crippen LogP contribution in [0.15, 0.2) is 30.5 Å². The molecule has 1 fully saturated rings. The summed E-state index contributed by atoms with van der Waals surface area (Å²) in [4.78, 5) is 4.33. The minimum atomic E-state index is -0.924. The van der Waals surface area contributed by atoms with Crippen LogP contribution < -0.4 is 10.5 Å². The van der Waals surface area contributed by atoms with E-state index < -0.39 is 12.1 Å². The molecule has 0 spiro atoms. The van der Waals surface area contributed by atoms with Gasteiger partial charge in [-0.05, 0) is 30.7 Å². The number of pyridine rings is 1. The first-order chi connectivity index (χ1) is 12.0. The van der Waals surface area contributed by atoms with Gasteiger partial charge in [0.1, 0.15) is 6.10 Å². The molecular weight excluding hydrogens is 434 g/mol. The van der Waals surface area contributed by atoms with E-state index in [1.807, 2.05) is 13.0 Å². The van der Waals surface area contributed by atoms with Crippen LogP contribution in [0.2, 0.25) is 10.0 Å². The maximum atomic E-state index is 10.6. The van der Waals surface area contributed by atoms with E-state index in [0.717, 1.165) is 12.0 Å². The van der Waals surface area contributed by atoms with Crippen LogP contribution in [0.1, 0.15) is 35.3 Å². The molecule has 0 bridgehead atoms. The molecule has 0 radical (unpaired) electrons. The zero-order valence-corrected chi connectivity index (χ0v) is 17.7. The van der Waals surface area contributed by atoms with Crippen molar-refractivity contribution in [3.63, 3.8) is 0 Å². The molecule has 9 heteroatoms. The molecular formula is C18H22Cl4N2O3. The van der Waals surface area contributed by atoms with Gasteiger partial charge in [0.15, 0.2) is 0 Å². The Labute approximate surface area is 181 Å². The van der Waals surface area contributed by atoms with Crippen molar-refractivity contribution in [3.05, 3.63) is 57.2 Å². The summed E-state index contributed by atoms with van der Waals surface area (Å²) in [6.07, 6.45) is 1.54. The second kappa shape index (κ2) is 10.7. The number of halogens is 4. The lowest BCUT2D eigenvalue weighted by molar-refractivity contribution is 0.136. The number of benzene rings is 1. The third-order valence-corrected chi connectivity index (χ3v) is 4.97. The second-order valence-electron chi connectivity index (χ2n) is 6.14. The van der Waals surface area contributed by atoms with Gasteiger partial charge < -0.3 is 20.3 Å². The van der Waals surface area contributed by atoms with Crippen molar-refractivity contribution < 1.29 is 14.6 Å². The number of aliphatic hydroxyl groups is 1. The molecule has 3 rings (SSSR count). The average Bonchev–Trinajstić information content (AvgIpc) is 3.11. The third-order valence-electron chi connectivity index (χ3n) is 4.23. The first kappa shape index (κ1) is 24.2. The Morgan fingerprint density at radius 3 is 2.56 bits per heavy atom. The number of aryl methyl sites for hydroxylation is 1. The molecule has 1 saturated heterocycles. The van der Waals surface area contributed by atoms with Crippen LogP contribution in [0.4, 0.5) is 0 Å². The minimum Gasteiger partial charge on any atom is -0.472 e. The number of hydrogen-bond acceptors (Lipinski definition) is 5. The SMILES string of the molecule is Cc1cc([C@@H](O)[C@@H](N)c2ccc(Cl)c(Cl)c2)cnc1OC1CCOC1.Cl.Cl. The Balaban J connectivity index is 0.00000182. The maximum Gasteiger partial charge on any atom is 0.216 e. The van der Waals surface area contributed by atoms with Crippen molar-refractivity contribution in [2.24, 2.45) is 5.73 Å². The first-order valence-electron chi connectivity index (χ1n) is 8.05. The van der Waals surface area contributed by atoms with Crippen molar-refractivity contribution in [2.75, 3.05) is 13.2 Å². The zero-order chi connectivity index (χ0) is 18.0. The van der Waals surface area contributed by atoms with E-state index in [4.69, 9.17) is 38.4 Å². The van der Waals surface area contributed by atoms with Gasteiger partial charge in [0, 0.05) is 23.7 Å². The highest BCUT2D eigenvalue weighted by atomic mass is 35.5. The molecule has 5 nitrogen and oxygen atoms in total. The molecule has 1 aliphatic heterocycles. The van der Waals surface area contributed by atoms with Gasteiger partial charge >= 0.3 is 0 Å². The number of nitrogens with two attached hydrogens (primary N) is 1. The van der Waals surface area contributed by atoms with Crippen molar-refractivity contribution in [1.29, 1.82) is 0 Å². The minimum absolute atomic E-state index is 0. The Bertz CT molecular complexity index is 757. The molecule has 2 aromatic rings. The highest BCUT2D eigenvalue weighted by molar-refractivity contribution is 6.42. The fraction of sp³-hybridized carbons (Fsp3) is 0.389.